The minimum Gasteiger partial charge on any atom is -0.342 e. The highest BCUT2D eigenvalue weighted by Crippen LogP contribution is 1.99. The standard InChI is InChI=1S/C5H10N2OS/c1-7-3-4(9)6-2-5(7)8/h4,6,9H,2-3H2,1H3. The summed E-state index contributed by atoms with van der Waals surface area (Å²) in [6.45, 7) is 1.12. The summed E-state index contributed by atoms with van der Waals surface area (Å²) in [6, 6.07) is 0. The Morgan fingerprint density at radius 3 is 3.00 bits per heavy atom. The van der Waals surface area contributed by atoms with Crippen LogP contribution in [0.15, 0.2) is 0 Å². The Morgan fingerprint density at radius 2 is 2.56 bits per heavy atom. The fourth-order valence-electron chi connectivity index (χ4n) is 0.766. The molecule has 1 amide bonds. The van der Waals surface area contributed by atoms with Crippen LogP contribution in [0.2, 0.25) is 0 Å². The van der Waals surface area contributed by atoms with Gasteiger partial charge in [-0.15, -0.1) is 0 Å². The average Bonchev–Trinajstić information content (AvgIpc) is 1.80. The molecule has 0 aromatic carbocycles. The number of thiol groups is 1. The van der Waals surface area contributed by atoms with Gasteiger partial charge in [-0.1, -0.05) is 0 Å². The Labute approximate surface area is 59.8 Å². The van der Waals surface area contributed by atoms with Crippen LogP contribution in [0, 0.1) is 0 Å². The lowest BCUT2D eigenvalue weighted by atomic mass is 10.4. The van der Waals surface area contributed by atoms with Gasteiger partial charge in [-0.25, -0.2) is 0 Å². The molecule has 1 N–H and O–H groups in total. The number of likely N-dealkylation sites (N-methyl/N-ethyl adjacent to an activating group) is 1. The van der Waals surface area contributed by atoms with Crippen LogP contribution >= 0.6 is 12.6 Å². The average molecular weight is 146 g/mol. The predicted molar refractivity (Wildman–Crippen MR) is 38.4 cm³/mol. The SMILES string of the molecule is CN1CC(S)NCC1=O. The first-order valence-electron chi connectivity index (χ1n) is 2.85. The summed E-state index contributed by atoms with van der Waals surface area (Å²) in [5, 5.41) is 3.08. The van der Waals surface area contributed by atoms with Gasteiger partial charge in [0.25, 0.3) is 0 Å². The molecule has 0 saturated carbocycles. The first-order valence-corrected chi connectivity index (χ1v) is 3.37. The van der Waals surface area contributed by atoms with Crippen molar-refractivity contribution >= 4 is 18.5 Å². The number of carbonyl (C=O) groups is 1. The smallest absolute Gasteiger partial charge is 0.236 e. The Morgan fingerprint density at radius 1 is 1.89 bits per heavy atom. The molecule has 0 aliphatic carbocycles. The van der Waals surface area contributed by atoms with Gasteiger partial charge in [0.1, 0.15) is 0 Å². The molecule has 0 bridgehead atoms. The maximum absolute atomic E-state index is 10.8. The zero-order valence-corrected chi connectivity index (χ0v) is 6.19. The lowest BCUT2D eigenvalue weighted by Crippen LogP contribution is -2.50. The normalized spacial score (nSPS) is 28.9. The molecule has 0 spiro atoms. The summed E-state index contributed by atoms with van der Waals surface area (Å²) >= 11 is 4.16. The van der Waals surface area contributed by atoms with Gasteiger partial charge in [-0.05, 0) is 0 Å². The van der Waals surface area contributed by atoms with E-state index in [1.165, 1.54) is 0 Å². The molecule has 0 aromatic rings. The van der Waals surface area contributed by atoms with Gasteiger partial charge in [0.2, 0.25) is 5.91 Å². The summed E-state index contributed by atoms with van der Waals surface area (Å²) in [5.74, 6) is 0.139. The first kappa shape index (κ1) is 6.89. The van der Waals surface area contributed by atoms with E-state index in [2.05, 4.69) is 17.9 Å². The fourth-order valence-corrected chi connectivity index (χ4v) is 1.10. The van der Waals surface area contributed by atoms with E-state index in [-0.39, 0.29) is 11.3 Å². The van der Waals surface area contributed by atoms with Gasteiger partial charge in [0.15, 0.2) is 0 Å². The molecule has 1 fully saturated rings. The molecule has 1 rings (SSSR count). The Balaban J connectivity index is 2.44. The largest absolute Gasteiger partial charge is 0.342 e. The molecule has 52 valence electrons. The van der Waals surface area contributed by atoms with Crippen molar-refractivity contribution in [3.63, 3.8) is 0 Å². The maximum Gasteiger partial charge on any atom is 0.236 e. The lowest BCUT2D eigenvalue weighted by Gasteiger charge is -2.27. The van der Waals surface area contributed by atoms with E-state index in [1.54, 1.807) is 11.9 Å². The van der Waals surface area contributed by atoms with E-state index in [0.717, 1.165) is 0 Å². The van der Waals surface area contributed by atoms with Crippen LogP contribution in [0.25, 0.3) is 0 Å². The number of rotatable bonds is 0. The molecule has 1 aliphatic heterocycles. The van der Waals surface area contributed by atoms with Gasteiger partial charge in [0.05, 0.1) is 11.9 Å². The van der Waals surface area contributed by atoms with E-state index in [9.17, 15) is 4.79 Å². The third-order valence-corrected chi connectivity index (χ3v) is 1.71. The highest BCUT2D eigenvalue weighted by molar-refractivity contribution is 7.80. The highest BCUT2D eigenvalue weighted by Gasteiger charge is 2.18. The summed E-state index contributed by atoms with van der Waals surface area (Å²) in [4.78, 5) is 12.4. The van der Waals surface area contributed by atoms with E-state index in [4.69, 9.17) is 0 Å². The molecule has 0 aromatic heterocycles. The quantitative estimate of drug-likeness (QED) is 0.443. The van der Waals surface area contributed by atoms with Gasteiger partial charge in [-0.2, -0.15) is 12.6 Å². The second-order valence-electron chi connectivity index (χ2n) is 2.17. The van der Waals surface area contributed by atoms with E-state index in [1.807, 2.05) is 0 Å². The van der Waals surface area contributed by atoms with Crippen LogP contribution in [-0.4, -0.2) is 36.3 Å². The van der Waals surface area contributed by atoms with Gasteiger partial charge in [-0.3, -0.25) is 10.1 Å². The summed E-state index contributed by atoms with van der Waals surface area (Å²) in [5.41, 5.74) is 0. The number of carbonyl (C=O) groups excluding carboxylic acids is 1. The van der Waals surface area contributed by atoms with Gasteiger partial charge >= 0.3 is 0 Å². The number of hydrogen-bond acceptors (Lipinski definition) is 3. The highest BCUT2D eigenvalue weighted by atomic mass is 32.1. The number of amides is 1. The maximum atomic E-state index is 10.8. The predicted octanol–water partition coefficient (Wildman–Crippen LogP) is -0.696. The van der Waals surface area contributed by atoms with Crippen molar-refractivity contribution in [1.82, 2.24) is 10.2 Å². The summed E-state index contributed by atoms with van der Waals surface area (Å²) in [7, 11) is 1.78. The number of piperazine rings is 1. The van der Waals surface area contributed by atoms with Gasteiger partial charge in [0, 0.05) is 13.6 Å². The third kappa shape index (κ3) is 1.59. The minimum absolute atomic E-state index is 0.139. The van der Waals surface area contributed by atoms with Crippen LogP contribution in [0.1, 0.15) is 0 Å². The van der Waals surface area contributed by atoms with E-state index in [0.29, 0.717) is 13.1 Å². The van der Waals surface area contributed by atoms with Crippen molar-refractivity contribution in [3.8, 4) is 0 Å². The Bertz CT molecular complexity index is 128. The summed E-state index contributed by atoms with van der Waals surface area (Å²) < 4.78 is 0. The van der Waals surface area contributed by atoms with Crippen LogP contribution in [0.4, 0.5) is 0 Å². The van der Waals surface area contributed by atoms with Crippen LogP contribution in [-0.2, 0) is 4.79 Å². The van der Waals surface area contributed by atoms with Crippen molar-refractivity contribution in [3.05, 3.63) is 0 Å². The number of hydrogen-bond donors (Lipinski definition) is 2. The zero-order valence-electron chi connectivity index (χ0n) is 5.29. The second-order valence-corrected chi connectivity index (χ2v) is 2.79. The van der Waals surface area contributed by atoms with Crippen molar-refractivity contribution < 1.29 is 4.79 Å². The molecule has 0 radical (unpaired) electrons. The molecule has 1 atom stereocenters. The molecular formula is C5H10N2OS. The monoisotopic (exact) mass is 146 g/mol. The molecule has 1 unspecified atom stereocenters. The van der Waals surface area contributed by atoms with Crippen molar-refractivity contribution in [2.75, 3.05) is 20.1 Å². The molecule has 1 heterocycles. The summed E-state index contributed by atoms with van der Waals surface area (Å²) in [6.07, 6.45) is 0. The Kier molecular flexibility index (Phi) is 1.97. The van der Waals surface area contributed by atoms with E-state index >= 15 is 0 Å². The third-order valence-electron chi connectivity index (χ3n) is 1.36. The van der Waals surface area contributed by atoms with E-state index < -0.39 is 0 Å². The first-order chi connectivity index (χ1) is 4.20. The topological polar surface area (TPSA) is 32.3 Å². The molecule has 3 nitrogen and oxygen atoms in total. The van der Waals surface area contributed by atoms with Gasteiger partial charge < -0.3 is 4.90 Å². The van der Waals surface area contributed by atoms with Crippen molar-refractivity contribution in [1.29, 1.82) is 0 Å². The molecule has 9 heavy (non-hydrogen) atoms. The van der Waals surface area contributed by atoms with Crippen molar-refractivity contribution in [2.24, 2.45) is 0 Å². The molecular weight excluding hydrogens is 136 g/mol. The lowest BCUT2D eigenvalue weighted by molar-refractivity contribution is -0.130. The molecule has 1 aliphatic rings. The van der Waals surface area contributed by atoms with Crippen LogP contribution in [0.3, 0.4) is 0 Å². The van der Waals surface area contributed by atoms with Crippen LogP contribution < -0.4 is 5.32 Å². The molecule has 4 heteroatoms. The second kappa shape index (κ2) is 2.58. The van der Waals surface area contributed by atoms with Crippen LogP contribution in [0.5, 0.6) is 0 Å². The zero-order chi connectivity index (χ0) is 6.85. The fraction of sp³-hybridized carbons (Fsp3) is 0.800. The van der Waals surface area contributed by atoms with Crippen molar-refractivity contribution in [2.45, 2.75) is 5.37 Å². The molecule has 1 saturated heterocycles. The number of nitrogens with one attached hydrogen (secondary N) is 1. The Hall–Kier alpha value is -0.220. The minimum atomic E-state index is 0.139. The number of nitrogens with zero attached hydrogens (tertiary/aromatic N) is 1.